The van der Waals surface area contributed by atoms with Crippen LogP contribution in [0.25, 0.3) is 0 Å². The molecule has 3 N–H and O–H groups in total. The van der Waals surface area contributed by atoms with Crippen molar-refractivity contribution in [3.8, 4) is 0 Å². The molecule has 0 aromatic heterocycles. The third-order valence-corrected chi connectivity index (χ3v) is 9.00. The number of ether oxygens (including phenoxy) is 4. The highest BCUT2D eigenvalue weighted by atomic mass is 16.8. The van der Waals surface area contributed by atoms with Crippen LogP contribution in [-0.2, 0) is 33.3 Å². The van der Waals surface area contributed by atoms with Crippen LogP contribution in [0, 0.1) is 28.1 Å². The SMILES string of the molecule is C[C@@H]1C(=O)O[C@H]2[C@H](O)[C@]34[C@@H]5C[C@@H](C(C)(C)C)[C@@]36[C@@H](OC(=O)[C@@H]6O)O[C@@]4(C(=O)O5)[C@@]12O. The number of aliphatic hydroxyl groups excluding tert-OH is 2. The zero-order chi connectivity index (χ0) is 21.8. The number of rotatable bonds is 0. The average Bonchev–Trinajstić information content (AvgIpc) is 3.35. The second kappa shape index (κ2) is 4.69. The second-order valence-electron chi connectivity index (χ2n) is 10.7. The fourth-order valence-electron chi connectivity index (χ4n) is 8.12. The Morgan fingerprint density at radius 3 is 2.33 bits per heavy atom. The first-order chi connectivity index (χ1) is 13.8. The van der Waals surface area contributed by atoms with Crippen molar-refractivity contribution in [1.29, 1.82) is 0 Å². The molecule has 164 valence electrons. The minimum Gasteiger partial charge on any atom is -0.459 e. The maximum Gasteiger partial charge on any atom is 0.343 e. The zero-order valence-corrected chi connectivity index (χ0v) is 16.9. The average molecular weight is 424 g/mol. The summed E-state index contributed by atoms with van der Waals surface area (Å²) in [6.07, 6.45) is -6.91. The maximum absolute atomic E-state index is 13.4. The Bertz CT molecular complexity index is 925. The summed E-state index contributed by atoms with van der Waals surface area (Å²) in [5, 5.41) is 34.7. The predicted octanol–water partition coefficient (Wildman–Crippen LogP) is -1.37. The molecule has 6 rings (SSSR count). The molecule has 0 aromatic rings. The molecule has 4 aliphatic heterocycles. The van der Waals surface area contributed by atoms with Crippen LogP contribution >= 0.6 is 0 Å². The normalized spacial score (nSPS) is 60.1. The maximum atomic E-state index is 13.4. The van der Waals surface area contributed by atoms with Gasteiger partial charge in [-0.25, -0.2) is 9.59 Å². The van der Waals surface area contributed by atoms with Crippen molar-refractivity contribution in [3.63, 3.8) is 0 Å². The van der Waals surface area contributed by atoms with Gasteiger partial charge in [-0.1, -0.05) is 20.8 Å². The Kier molecular flexibility index (Phi) is 2.97. The topological polar surface area (TPSA) is 149 Å². The van der Waals surface area contributed by atoms with Gasteiger partial charge in [0.2, 0.25) is 11.9 Å². The van der Waals surface area contributed by atoms with Gasteiger partial charge in [-0.2, -0.15) is 0 Å². The molecule has 6 aliphatic rings. The predicted molar refractivity (Wildman–Crippen MR) is 92.0 cm³/mol. The summed E-state index contributed by atoms with van der Waals surface area (Å²) >= 11 is 0. The summed E-state index contributed by atoms with van der Waals surface area (Å²) in [5.74, 6) is -4.32. The van der Waals surface area contributed by atoms with E-state index in [0.717, 1.165) is 0 Å². The van der Waals surface area contributed by atoms with Crippen molar-refractivity contribution >= 4 is 17.9 Å². The lowest BCUT2D eigenvalue weighted by Crippen LogP contribution is -2.67. The molecule has 2 saturated carbocycles. The van der Waals surface area contributed by atoms with Crippen LogP contribution < -0.4 is 0 Å². The number of carbonyl (C=O) groups is 3. The summed E-state index contributed by atoms with van der Waals surface area (Å²) < 4.78 is 22.5. The highest BCUT2D eigenvalue weighted by molar-refractivity contribution is 5.94. The van der Waals surface area contributed by atoms with E-state index in [0.29, 0.717) is 0 Å². The first-order valence-corrected chi connectivity index (χ1v) is 10.2. The molecule has 10 heteroatoms. The van der Waals surface area contributed by atoms with E-state index in [4.69, 9.17) is 18.9 Å². The van der Waals surface area contributed by atoms with Gasteiger partial charge < -0.3 is 34.3 Å². The van der Waals surface area contributed by atoms with Gasteiger partial charge in [0, 0.05) is 0 Å². The van der Waals surface area contributed by atoms with Gasteiger partial charge in [-0.15, -0.1) is 0 Å². The molecule has 0 amide bonds. The molecule has 2 spiro atoms. The van der Waals surface area contributed by atoms with E-state index >= 15 is 0 Å². The zero-order valence-electron chi connectivity index (χ0n) is 16.9. The van der Waals surface area contributed by atoms with Crippen LogP contribution in [0.3, 0.4) is 0 Å². The molecule has 11 atom stereocenters. The summed E-state index contributed by atoms with van der Waals surface area (Å²) in [6.45, 7) is 7.14. The molecular weight excluding hydrogens is 400 g/mol. The highest BCUT2D eigenvalue weighted by Gasteiger charge is 3.03. The van der Waals surface area contributed by atoms with Crippen molar-refractivity contribution in [2.75, 3.05) is 0 Å². The van der Waals surface area contributed by atoms with Crippen molar-refractivity contribution in [3.05, 3.63) is 0 Å². The number of hydrogen-bond donors (Lipinski definition) is 3. The first kappa shape index (κ1) is 19.0. The number of carbonyl (C=O) groups excluding carboxylic acids is 3. The molecule has 0 unspecified atom stereocenters. The summed E-state index contributed by atoms with van der Waals surface area (Å²) in [6, 6.07) is 0. The van der Waals surface area contributed by atoms with Crippen LogP contribution in [-0.4, -0.2) is 75.1 Å². The van der Waals surface area contributed by atoms with Gasteiger partial charge in [-0.3, -0.25) is 4.79 Å². The van der Waals surface area contributed by atoms with E-state index < -0.39 is 87.9 Å². The van der Waals surface area contributed by atoms with E-state index in [1.54, 1.807) is 0 Å². The van der Waals surface area contributed by atoms with E-state index in [2.05, 4.69) is 0 Å². The molecule has 4 saturated heterocycles. The monoisotopic (exact) mass is 424 g/mol. The number of aliphatic hydroxyl groups is 3. The first-order valence-electron chi connectivity index (χ1n) is 10.2. The minimum absolute atomic E-state index is 0.229. The second-order valence-corrected chi connectivity index (χ2v) is 10.7. The third kappa shape index (κ3) is 1.33. The summed E-state index contributed by atoms with van der Waals surface area (Å²) in [7, 11) is 0. The van der Waals surface area contributed by atoms with E-state index in [1.165, 1.54) is 6.92 Å². The van der Waals surface area contributed by atoms with Crippen molar-refractivity contribution in [2.45, 2.75) is 76.0 Å². The van der Waals surface area contributed by atoms with Gasteiger partial charge >= 0.3 is 17.9 Å². The molecule has 30 heavy (non-hydrogen) atoms. The molecular formula is C20H24O10. The standard InChI is InChI=1S/C20H24O10/c1-6-12(23)28-11-9(21)18-8-5-7(16(2,3)4)17(18)10(22)13(24)29-15(17)30-20(18,14(25)27-8)19(6,11)26/h6-11,15,21-22,26H,5H2,1-4H3/t6-,7+,8+,9+,10+,11+,15+,17-,18-,19-,20-/m1/s1. The van der Waals surface area contributed by atoms with E-state index in [9.17, 15) is 29.7 Å². The van der Waals surface area contributed by atoms with Crippen LogP contribution in [0.15, 0.2) is 0 Å². The van der Waals surface area contributed by atoms with Crippen LogP contribution in [0.2, 0.25) is 0 Å². The van der Waals surface area contributed by atoms with Crippen LogP contribution in [0.5, 0.6) is 0 Å². The lowest BCUT2D eigenvalue weighted by atomic mass is 9.51. The van der Waals surface area contributed by atoms with E-state index in [-0.39, 0.29) is 6.42 Å². The molecule has 0 aromatic carbocycles. The number of hydrogen-bond acceptors (Lipinski definition) is 10. The molecule has 4 heterocycles. The van der Waals surface area contributed by atoms with Gasteiger partial charge in [0.05, 0.1) is 16.7 Å². The Balaban J connectivity index is 1.72. The van der Waals surface area contributed by atoms with Crippen LogP contribution in [0.1, 0.15) is 34.1 Å². The van der Waals surface area contributed by atoms with Crippen molar-refractivity contribution in [1.82, 2.24) is 0 Å². The third-order valence-electron chi connectivity index (χ3n) is 9.00. The van der Waals surface area contributed by atoms with Crippen molar-refractivity contribution < 1.29 is 48.7 Å². The van der Waals surface area contributed by atoms with Crippen molar-refractivity contribution in [2.24, 2.45) is 28.1 Å². The molecule has 0 bridgehead atoms. The van der Waals surface area contributed by atoms with Gasteiger partial charge in [0.15, 0.2) is 17.8 Å². The van der Waals surface area contributed by atoms with Gasteiger partial charge in [-0.05, 0) is 24.7 Å². The van der Waals surface area contributed by atoms with E-state index in [1.807, 2.05) is 20.8 Å². The highest BCUT2D eigenvalue weighted by Crippen LogP contribution is 2.84. The Labute approximate surface area is 171 Å². The lowest BCUT2D eigenvalue weighted by molar-refractivity contribution is -0.239. The number of esters is 3. The molecule has 0 radical (unpaired) electrons. The Hall–Kier alpha value is -1.75. The smallest absolute Gasteiger partial charge is 0.343 e. The summed E-state index contributed by atoms with van der Waals surface area (Å²) in [4.78, 5) is 38.2. The minimum atomic E-state index is -2.24. The molecule has 10 nitrogen and oxygen atoms in total. The molecule has 6 fully saturated rings. The van der Waals surface area contributed by atoms with Gasteiger partial charge in [0.1, 0.15) is 12.2 Å². The fraction of sp³-hybridized carbons (Fsp3) is 0.850. The largest absolute Gasteiger partial charge is 0.459 e. The fourth-order valence-corrected chi connectivity index (χ4v) is 8.12. The Morgan fingerprint density at radius 1 is 1.03 bits per heavy atom. The molecule has 2 aliphatic carbocycles. The lowest BCUT2D eigenvalue weighted by Gasteiger charge is -2.47. The Morgan fingerprint density at radius 2 is 1.70 bits per heavy atom. The van der Waals surface area contributed by atoms with Gasteiger partial charge in [0.25, 0.3) is 0 Å². The van der Waals surface area contributed by atoms with Crippen LogP contribution in [0.4, 0.5) is 0 Å². The summed E-state index contributed by atoms with van der Waals surface area (Å²) in [5.41, 5.74) is -8.26. The quantitative estimate of drug-likeness (QED) is 0.314. The number of fused-ring (bicyclic) bond motifs is 1.